The van der Waals surface area contributed by atoms with E-state index >= 15 is 0 Å². The van der Waals surface area contributed by atoms with Crippen molar-refractivity contribution in [2.75, 3.05) is 0 Å². The van der Waals surface area contributed by atoms with Gasteiger partial charge in [0, 0.05) is 0 Å². The van der Waals surface area contributed by atoms with Gasteiger partial charge in [-0.25, -0.2) is 0 Å². The Balaban J connectivity index is 1.68. The third-order valence-corrected chi connectivity index (χ3v) is 5.39. The zero-order valence-corrected chi connectivity index (χ0v) is 16.1. The van der Waals surface area contributed by atoms with Crippen molar-refractivity contribution < 1.29 is 0 Å². The minimum Gasteiger partial charge on any atom is -0.0730 e. The van der Waals surface area contributed by atoms with Gasteiger partial charge < -0.3 is 0 Å². The van der Waals surface area contributed by atoms with E-state index in [4.69, 9.17) is 0 Å². The number of unbranched alkanes of at least 4 members (excludes halogenated alkanes) is 2. The van der Waals surface area contributed by atoms with Crippen LogP contribution in [0.1, 0.15) is 76.3 Å². The molecule has 1 fully saturated rings. The Bertz CT molecular complexity index is 583. The van der Waals surface area contributed by atoms with Crippen molar-refractivity contribution in [3.8, 4) is 11.8 Å². The molecule has 1 aromatic carbocycles. The first-order valence-electron chi connectivity index (χ1n) is 10.2. The van der Waals surface area contributed by atoms with E-state index in [1.54, 1.807) is 0 Å². The van der Waals surface area contributed by atoms with Gasteiger partial charge in [0.1, 0.15) is 0 Å². The average Bonchev–Trinajstić information content (AvgIpc) is 2.66. The first-order chi connectivity index (χ1) is 12.3. The van der Waals surface area contributed by atoms with Crippen molar-refractivity contribution in [3.63, 3.8) is 0 Å². The lowest BCUT2D eigenvalue weighted by Crippen LogP contribution is -2.12. The maximum absolute atomic E-state index is 3.16. The predicted molar refractivity (Wildman–Crippen MR) is 111 cm³/mol. The number of allylic oxidation sites excluding steroid dienone is 3. The van der Waals surface area contributed by atoms with Crippen LogP contribution in [0.2, 0.25) is 0 Å². The van der Waals surface area contributed by atoms with Crippen molar-refractivity contribution in [1.29, 1.82) is 0 Å². The SMILES string of the molecule is CCCCCC1CCC(/C=C/C#C/C=C/c2ccc(CC)cc2)CC1. The van der Waals surface area contributed by atoms with E-state index in [0.717, 1.165) is 18.3 Å². The summed E-state index contributed by atoms with van der Waals surface area (Å²) in [5.74, 6) is 8.03. The van der Waals surface area contributed by atoms with Gasteiger partial charge in [-0.1, -0.05) is 81.7 Å². The fourth-order valence-electron chi connectivity index (χ4n) is 3.64. The highest BCUT2D eigenvalue weighted by atomic mass is 14.2. The van der Waals surface area contributed by atoms with Gasteiger partial charge in [-0.05, 0) is 73.3 Å². The Labute approximate surface area is 155 Å². The molecule has 0 heteroatoms. The summed E-state index contributed by atoms with van der Waals surface area (Å²) in [5, 5.41) is 0. The van der Waals surface area contributed by atoms with E-state index in [9.17, 15) is 0 Å². The molecular weight excluding hydrogens is 300 g/mol. The molecule has 0 atom stereocenters. The van der Waals surface area contributed by atoms with Crippen molar-refractivity contribution >= 4 is 6.08 Å². The van der Waals surface area contributed by atoms with E-state index in [1.165, 1.54) is 62.5 Å². The Morgan fingerprint density at radius 2 is 1.64 bits per heavy atom. The quantitative estimate of drug-likeness (QED) is 0.365. The van der Waals surface area contributed by atoms with E-state index in [1.807, 2.05) is 6.08 Å². The van der Waals surface area contributed by atoms with Gasteiger partial charge in [0.2, 0.25) is 0 Å². The summed E-state index contributed by atoms with van der Waals surface area (Å²) in [6, 6.07) is 8.69. The maximum atomic E-state index is 3.16. The molecule has 0 radical (unpaired) electrons. The lowest BCUT2D eigenvalue weighted by atomic mass is 9.79. The molecule has 0 nitrogen and oxygen atoms in total. The monoisotopic (exact) mass is 334 g/mol. The number of hydrogen-bond donors (Lipinski definition) is 0. The summed E-state index contributed by atoms with van der Waals surface area (Å²) in [4.78, 5) is 0. The van der Waals surface area contributed by atoms with Crippen LogP contribution in [0.3, 0.4) is 0 Å². The van der Waals surface area contributed by atoms with Crippen LogP contribution in [-0.4, -0.2) is 0 Å². The van der Waals surface area contributed by atoms with E-state index in [-0.39, 0.29) is 0 Å². The Kier molecular flexibility index (Phi) is 9.21. The molecule has 0 unspecified atom stereocenters. The second kappa shape index (κ2) is 11.8. The highest BCUT2D eigenvalue weighted by Crippen LogP contribution is 2.32. The second-order valence-electron chi connectivity index (χ2n) is 7.35. The van der Waals surface area contributed by atoms with Crippen molar-refractivity contribution in [2.24, 2.45) is 11.8 Å². The van der Waals surface area contributed by atoms with Crippen LogP contribution in [0, 0.1) is 23.7 Å². The summed E-state index contributed by atoms with van der Waals surface area (Å²) in [7, 11) is 0. The normalized spacial score (nSPS) is 20.7. The topological polar surface area (TPSA) is 0 Å². The summed E-state index contributed by atoms with van der Waals surface area (Å²) in [6.07, 6.45) is 20.7. The molecule has 0 bridgehead atoms. The summed E-state index contributed by atoms with van der Waals surface area (Å²) < 4.78 is 0. The van der Waals surface area contributed by atoms with Crippen LogP contribution in [0.5, 0.6) is 0 Å². The second-order valence-corrected chi connectivity index (χ2v) is 7.35. The minimum absolute atomic E-state index is 0.752. The molecule has 0 aromatic heterocycles. The maximum Gasteiger partial charge on any atom is -0.0109 e. The molecule has 1 saturated carbocycles. The molecular formula is C25H34. The zero-order chi connectivity index (χ0) is 17.7. The van der Waals surface area contributed by atoms with Crippen molar-refractivity contribution in [2.45, 2.75) is 71.6 Å². The first-order valence-corrected chi connectivity index (χ1v) is 10.2. The molecule has 1 aliphatic rings. The van der Waals surface area contributed by atoms with Crippen LogP contribution >= 0.6 is 0 Å². The van der Waals surface area contributed by atoms with Gasteiger partial charge in [0.25, 0.3) is 0 Å². The highest BCUT2D eigenvalue weighted by Gasteiger charge is 2.18. The molecule has 0 amide bonds. The molecule has 1 aliphatic carbocycles. The van der Waals surface area contributed by atoms with E-state index in [0.29, 0.717) is 0 Å². The number of aryl methyl sites for hydroxylation is 1. The van der Waals surface area contributed by atoms with Crippen LogP contribution in [0.15, 0.2) is 42.5 Å². The van der Waals surface area contributed by atoms with Crippen molar-refractivity contribution in [3.05, 3.63) is 53.6 Å². The lowest BCUT2D eigenvalue weighted by molar-refractivity contribution is 0.289. The van der Waals surface area contributed by atoms with Crippen LogP contribution in [-0.2, 0) is 6.42 Å². The third kappa shape index (κ3) is 7.78. The molecule has 134 valence electrons. The molecule has 25 heavy (non-hydrogen) atoms. The molecule has 1 aromatic rings. The summed E-state index contributed by atoms with van der Waals surface area (Å²) >= 11 is 0. The van der Waals surface area contributed by atoms with Gasteiger partial charge in [0.05, 0.1) is 0 Å². The minimum atomic E-state index is 0.752. The van der Waals surface area contributed by atoms with Crippen LogP contribution in [0.25, 0.3) is 6.08 Å². The zero-order valence-electron chi connectivity index (χ0n) is 16.1. The Morgan fingerprint density at radius 1 is 0.920 bits per heavy atom. The molecule has 0 spiro atoms. The van der Waals surface area contributed by atoms with Gasteiger partial charge in [-0.15, -0.1) is 0 Å². The van der Waals surface area contributed by atoms with Gasteiger partial charge in [-0.2, -0.15) is 0 Å². The third-order valence-electron chi connectivity index (χ3n) is 5.39. The number of rotatable bonds is 7. The first kappa shape index (κ1) is 19.6. The fraction of sp³-hybridized carbons (Fsp3) is 0.520. The standard InChI is InChI=1S/C25H34/c1-3-5-8-11-23-18-20-25(21-19-23)13-10-7-6-9-12-24-16-14-22(4-2)15-17-24/h9-10,12-17,23,25H,3-5,8,11,18-21H2,1-2H3/b12-9+,13-10+. The van der Waals surface area contributed by atoms with E-state index < -0.39 is 0 Å². The van der Waals surface area contributed by atoms with Crippen LogP contribution in [0.4, 0.5) is 0 Å². The predicted octanol–water partition coefficient (Wildman–Crippen LogP) is 7.21. The molecule has 0 saturated heterocycles. The van der Waals surface area contributed by atoms with Crippen molar-refractivity contribution in [1.82, 2.24) is 0 Å². The summed E-state index contributed by atoms with van der Waals surface area (Å²) in [6.45, 7) is 4.47. The molecule has 0 N–H and O–H groups in total. The number of hydrogen-bond acceptors (Lipinski definition) is 0. The van der Waals surface area contributed by atoms with Gasteiger partial charge in [-0.3, -0.25) is 0 Å². The van der Waals surface area contributed by atoms with Gasteiger partial charge in [0.15, 0.2) is 0 Å². The Hall–Kier alpha value is -1.74. The fourth-order valence-corrected chi connectivity index (χ4v) is 3.64. The molecule has 0 heterocycles. The van der Waals surface area contributed by atoms with Gasteiger partial charge >= 0.3 is 0 Å². The Morgan fingerprint density at radius 3 is 2.32 bits per heavy atom. The smallest absolute Gasteiger partial charge is 0.0109 e. The molecule has 2 rings (SSSR count). The average molecular weight is 335 g/mol. The highest BCUT2D eigenvalue weighted by molar-refractivity contribution is 5.53. The number of benzene rings is 1. The lowest BCUT2D eigenvalue weighted by Gasteiger charge is -2.26. The van der Waals surface area contributed by atoms with E-state index in [2.05, 4.69) is 68.2 Å². The summed E-state index contributed by atoms with van der Waals surface area (Å²) in [5.41, 5.74) is 2.60. The largest absolute Gasteiger partial charge is 0.0730 e. The van der Waals surface area contributed by atoms with Crippen LogP contribution < -0.4 is 0 Å². The molecule has 0 aliphatic heterocycles.